The van der Waals surface area contributed by atoms with Crippen LogP contribution in [0.3, 0.4) is 0 Å². The van der Waals surface area contributed by atoms with Crippen LogP contribution in [0.2, 0.25) is 0 Å². The Morgan fingerprint density at radius 3 is 2.50 bits per heavy atom. The molecule has 1 heterocycles. The summed E-state index contributed by atoms with van der Waals surface area (Å²) in [6.07, 6.45) is 2.91. The van der Waals surface area contributed by atoms with Crippen LogP contribution in [0.15, 0.2) is 46.1 Å². The van der Waals surface area contributed by atoms with E-state index in [1.165, 1.54) is 12.5 Å². The van der Waals surface area contributed by atoms with Gasteiger partial charge in [-0.15, -0.1) is 0 Å². The van der Waals surface area contributed by atoms with E-state index in [0.29, 0.717) is 11.5 Å². The quantitative estimate of drug-likeness (QED) is 0.669. The molecule has 2 rings (SSSR count). The number of nitrogens with one attached hydrogen (secondary N) is 1. The van der Waals surface area contributed by atoms with E-state index in [1.54, 1.807) is 44.6 Å². The molecule has 0 bridgehead atoms. The highest BCUT2D eigenvalue weighted by molar-refractivity contribution is 5.92. The van der Waals surface area contributed by atoms with Crippen molar-refractivity contribution < 1.29 is 18.7 Å². The third-order valence-electron chi connectivity index (χ3n) is 2.50. The number of ether oxygens (including phenoxy) is 2. The summed E-state index contributed by atoms with van der Waals surface area (Å²) in [4.78, 5) is 11.6. The number of rotatable bonds is 5. The van der Waals surface area contributed by atoms with Crippen LogP contribution in [0, 0.1) is 0 Å². The Morgan fingerprint density at radius 1 is 1.25 bits per heavy atom. The molecule has 1 aromatic carbocycles. The first-order chi connectivity index (χ1) is 9.72. The molecule has 0 radical (unpaired) electrons. The molecule has 0 atom stereocenters. The second-order valence-corrected chi connectivity index (χ2v) is 3.82. The van der Waals surface area contributed by atoms with Gasteiger partial charge >= 0.3 is 5.91 Å². The highest BCUT2D eigenvalue weighted by atomic mass is 16.5. The Morgan fingerprint density at radius 2 is 1.95 bits per heavy atom. The molecule has 1 amide bonds. The van der Waals surface area contributed by atoms with Crippen LogP contribution in [0.4, 0.5) is 0 Å². The smallest absolute Gasteiger partial charge is 0.307 e. The molecular weight excluding hydrogens is 260 g/mol. The molecule has 104 valence electrons. The number of methoxy groups -OCH3 is 2. The lowest BCUT2D eigenvalue weighted by molar-refractivity contribution is 0.0927. The number of amides is 1. The molecule has 0 aliphatic rings. The van der Waals surface area contributed by atoms with Gasteiger partial charge < -0.3 is 13.9 Å². The number of carbonyl (C=O) groups is 1. The van der Waals surface area contributed by atoms with Crippen molar-refractivity contribution in [2.24, 2.45) is 5.10 Å². The molecule has 2 aromatic rings. The summed E-state index contributed by atoms with van der Waals surface area (Å²) in [5.41, 5.74) is 3.10. The molecular formula is C14H14N2O4. The van der Waals surface area contributed by atoms with E-state index < -0.39 is 5.91 Å². The molecule has 20 heavy (non-hydrogen) atoms. The van der Waals surface area contributed by atoms with Gasteiger partial charge in [-0.2, -0.15) is 5.10 Å². The van der Waals surface area contributed by atoms with Crippen molar-refractivity contribution in [2.45, 2.75) is 0 Å². The lowest BCUT2D eigenvalue weighted by atomic mass is 10.2. The van der Waals surface area contributed by atoms with E-state index >= 15 is 0 Å². The van der Waals surface area contributed by atoms with Crippen molar-refractivity contribution in [3.05, 3.63) is 47.9 Å². The monoisotopic (exact) mass is 274 g/mol. The van der Waals surface area contributed by atoms with Crippen LogP contribution in [0.1, 0.15) is 16.1 Å². The predicted octanol–water partition coefficient (Wildman–Crippen LogP) is 2.06. The van der Waals surface area contributed by atoms with Gasteiger partial charge in [0.25, 0.3) is 0 Å². The van der Waals surface area contributed by atoms with Crippen LogP contribution < -0.4 is 14.9 Å². The molecule has 0 saturated carbocycles. The van der Waals surface area contributed by atoms with Gasteiger partial charge in [0.15, 0.2) is 5.76 Å². The molecule has 0 aliphatic heterocycles. The highest BCUT2D eigenvalue weighted by Crippen LogP contribution is 2.21. The molecule has 0 unspecified atom stereocenters. The second kappa shape index (κ2) is 6.42. The van der Waals surface area contributed by atoms with E-state index in [1.807, 2.05) is 0 Å². The Labute approximate surface area is 116 Å². The first-order valence-corrected chi connectivity index (χ1v) is 5.83. The van der Waals surface area contributed by atoms with Crippen LogP contribution in [-0.4, -0.2) is 26.3 Å². The molecule has 0 saturated heterocycles. The first kappa shape index (κ1) is 13.7. The van der Waals surface area contributed by atoms with Gasteiger partial charge in [0.2, 0.25) is 0 Å². The van der Waals surface area contributed by atoms with Crippen LogP contribution in [-0.2, 0) is 0 Å². The fourth-order valence-corrected chi connectivity index (χ4v) is 1.53. The lowest BCUT2D eigenvalue weighted by Gasteiger charge is -2.05. The third-order valence-corrected chi connectivity index (χ3v) is 2.50. The standard InChI is InChI=1S/C14H14N2O4/c1-18-11-6-10(7-12(8-11)19-2)9-15-16-14(17)13-4-3-5-20-13/h3-9H,1-2H3,(H,16,17)/b15-9-. The SMILES string of the molecule is COc1cc(/C=N\NC(=O)c2ccco2)cc(OC)c1. The zero-order valence-corrected chi connectivity index (χ0v) is 11.1. The third kappa shape index (κ3) is 3.38. The van der Waals surface area contributed by atoms with Gasteiger partial charge in [-0.25, -0.2) is 5.43 Å². The minimum Gasteiger partial charge on any atom is -0.497 e. The zero-order valence-electron chi connectivity index (χ0n) is 11.1. The number of hydrogen-bond donors (Lipinski definition) is 1. The number of carbonyl (C=O) groups excluding carboxylic acids is 1. The fraction of sp³-hybridized carbons (Fsp3) is 0.143. The fourth-order valence-electron chi connectivity index (χ4n) is 1.53. The van der Waals surface area contributed by atoms with Gasteiger partial charge in [0, 0.05) is 11.6 Å². The van der Waals surface area contributed by atoms with Crippen molar-refractivity contribution in [2.75, 3.05) is 14.2 Å². The first-order valence-electron chi connectivity index (χ1n) is 5.83. The van der Waals surface area contributed by atoms with Crippen molar-refractivity contribution >= 4 is 12.1 Å². The average Bonchev–Trinajstić information content (AvgIpc) is 3.01. The highest BCUT2D eigenvalue weighted by Gasteiger charge is 2.06. The summed E-state index contributed by atoms with van der Waals surface area (Å²) < 4.78 is 15.2. The van der Waals surface area contributed by atoms with Crippen LogP contribution >= 0.6 is 0 Å². The number of hydrazone groups is 1. The number of furan rings is 1. The van der Waals surface area contributed by atoms with Crippen LogP contribution in [0.25, 0.3) is 0 Å². The molecule has 1 aromatic heterocycles. The molecule has 6 heteroatoms. The van der Waals surface area contributed by atoms with E-state index in [-0.39, 0.29) is 5.76 Å². The van der Waals surface area contributed by atoms with Gasteiger partial charge in [-0.05, 0) is 24.3 Å². The average molecular weight is 274 g/mol. The van der Waals surface area contributed by atoms with Gasteiger partial charge in [0.05, 0.1) is 26.7 Å². The second-order valence-electron chi connectivity index (χ2n) is 3.82. The van der Waals surface area contributed by atoms with Crippen molar-refractivity contribution in [1.82, 2.24) is 5.43 Å². The molecule has 6 nitrogen and oxygen atoms in total. The van der Waals surface area contributed by atoms with Gasteiger partial charge in [0.1, 0.15) is 11.5 Å². The van der Waals surface area contributed by atoms with Crippen molar-refractivity contribution in [3.8, 4) is 11.5 Å². The summed E-state index contributed by atoms with van der Waals surface area (Å²) in [5.74, 6) is 1.07. The zero-order chi connectivity index (χ0) is 14.4. The van der Waals surface area contributed by atoms with E-state index in [0.717, 1.165) is 5.56 Å². The number of nitrogens with zero attached hydrogens (tertiary/aromatic N) is 1. The van der Waals surface area contributed by atoms with Crippen molar-refractivity contribution in [3.63, 3.8) is 0 Å². The van der Waals surface area contributed by atoms with Crippen LogP contribution in [0.5, 0.6) is 11.5 Å². The number of hydrogen-bond acceptors (Lipinski definition) is 5. The summed E-state index contributed by atoms with van der Waals surface area (Å²) in [6, 6.07) is 8.47. The minimum absolute atomic E-state index is 0.199. The van der Waals surface area contributed by atoms with E-state index in [2.05, 4.69) is 10.5 Å². The van der Waals surface area contributed by atoms with Crippen molar-refractivity contribution in [1.29, 1.82) is 0 Å². The molecule has 0 fully saturated rings. The summed E-state index contributed by atoms with van der Waals surface area (Å²) in [6.45, 7) is 0. The molecule has 0 spiro atoms. The summed E-state index contributed by atoms with van der Waals surface area (Å²) >= 11 is 0. The Hall–Kier alpha value is -2.76. The predicted molar refractivity (Wildman–Crippen MR) is 73.3 cm³/mol. The molecule has 1 N–H and O–H groups in total. The maximum Gasteiger partial charge on any atom is 0.307 e. The maximum atomic E-state index is 11.6. The van der Waals surface area contributed by atoms with Gasteiger partial charge in [-0.3, -0.25) is 4.79 Å². The Kier molecular flexibility index (Phi) is 4.39. The van der Waals surface area contributed by atoms with Gasteiger partial charge in [-0.1, -0.05) is 0 Å². The lowest BCUT2D eigenvalue weighted by Crippen LogP contribution is -2.16. The largest absolute Gasteiger partial charge is 0.497 e. The maximum absolute atomic E-state index is 11.6. The summed E-state index contributed by atoms with van der Waals surface area (Å²) in [7, 11) is 3.13. The summed E-state index contributed by atoms with van der Waals surface area (Å²) in [5, 5.41) is 3.85. The minimum atomic E-state index is -0.416. The Bertz CT molecular complexity index is 583. The number of benzene rings is 1. The van der Waals surface area contributed by atoms with E-state index in [9.17, 15) is 4.79 Å². The molecule has 0 aliphatic carbocycles. The van der Waals surface area contributed by atoms with E-state index in [4.69, 9.17) is 13.9 Å². The normalized spacial score (nSPS) is 10.5. The topological polar surface area (TPSA) is 73.1 Å². The Balaban J connectivity index is 2.05.